The maximum absolute atomic E-state index is 12.0. The number of benzene rings is 1. The first-order valence-electron chi connectivity index (χ1n) is 10.3. The number of amides is 1. The van der Waals surface area contributed by atoms with Gasteiger partial charge < -0.3 is 19.1 Å². The molecule has 2 heterocycles. The summed E-state index contributed by atoms with van der Waals surface area (Å²) in [5, 5.41) is 0.895. The molecule has 2 aromatic rings. The normalized spacial score (nSPS) is 14.7. The van der Waals surface area contributed by atoms with Crippen LogP contribution in [0.25, 0.3) is 10.9 Å². The number of aromatic nitrogens is 2. The van der Waals surface area contributed by atoms with Gasteiger partial charge in [-0.25, -0.2) is 14.5 Å². The first-order chi connectivity index (χ1) is 15.4. The van der Waals surface area contributed by atoms with Crippen LogP contribution >= 0.6 is 11.6 Å². The fourth-order valence-electron chi connectivity index (χ4n) is 3.42. The average Bonchev–Trinajstić information content (AvgIpc) is 2.66. The van der Waals surface area contributed by atoms with Gasteiger partial charge in [0.15, 0.2) is 11.5 Å². The second-order valence-corrected chi connectivity index (χ2v) is 10.4. The third kappa shape index (κ3) is 6.49. The van der Waals surface area contributed by atoms with Crippen molar-refractivity contribution in [3.8, 4) is 11.5 Å². The number of ether oxygens (including phenoxy) is 3. The summed E-state index contributed by atoms with van der Waals surface area (Å²) in [4.78, 5) is 22.4. The Hall–Kier alpha value is -2.57. The zero-order chi connectivity index (χ0) is 24.4. The molecule has 0 bridgehead atoms. The molecule has 0 spiro atoms. The number of fused-ring (bicyclic) bond motifs is 1. The van der Waals surface area contributed by atoms with Gasteiger partial charge >= 0.3 is 16.3 Å². The van der Waals surface area contributed by atoms with E-state index in [2.05, 4.69) is 14.7 Å². The van der Waals surface area contributed by atoms with E-state index in [0.29, 0.717) is 42.3 Å². The summed E-state index contributed by atoms with van der Waals surface area (Å²) in [7, 11) is -0.899. The molecule has 1 fully saturated rings. The Morgan fingerprint density at radius 2 is 1.82 bits per heavy atom. The SMILES string of the molecule is COc1cc2nc(Cl)nc(N3CC(CCNS(=O)(=O)NC(=O)OC(C)(C)C)C3)c2cc1OC. The number of nitrogens with zero attached hydrogens (tertiary/aromatic N) is 3. The first-order valence-corrected chi connectivity index (χ1v) is 12.1. The molecule has 1 aliphatic heterocycles. The highest BCUT2D eigenvalue weighted by atomic mass is 35.5. The third-order valence-electron chi connectivity index (χ3n) is 4.87. The standard InChI is InChI=1S/C20H28ClN5O6S/c1-20(2,3)32-19(27)25-33(28,29)22-7-6-12-10-26(11-12)17-13-8-15(30-4)16(31-5)9-14(13)23-18(21)24-17/h8-9,12,22H,6-7,10-11H2,1-5H3,(H,25,27). The summed E-state index contributed by atoms with van der Waals surface area (Å²) < 4.78 is 43.9. The van der Waals surface area contributed by atoms with E-state index >= 15 is 0 Å². The number of carbonyl (C=O) groups is 1. The van der Waals surface area contributed by atoms with Crippen molar-refractivity contribution in [2.45, 2.75) is 32.8 Å². The van der Waals surface area contributed by atoms with Crippen molar-refractivity contribution in [1.29, 1.82) is 0 Å². The molecular formula is C20H28ClN5O6S. The smallest absolute Gasteiger partial charge is 0.422 e. The number of halogens is 1. The molecule has 2 N–H and O–H groups in total. The van der Waals surface area contributed by atoms with E-state index in [4.69, 9.17) is 25.8 Å². The minimum atomic E-state index is -4.00. The molecule has 0 aliphatic carbocycles. The Morgan fingerprint density at radius 1 is 1.18 bits per heavy atom. The minimum Gasteiger partial charge on any atom is -0.493 e. The maximum atomic E-state index is 12.0. The lowest BCUT2D eigenvalue weighted by atomic mass is 9.96. The van der Waals surface area contributed by atoms with Crippen molar-refractivity contribution in [3.63, 3.8) is 0 Å². The fraction of sp³-hybridized carbons (Fsp3) is 0.550. The van der Waals surface area contributed by atoms with Gasteiger partial charge in [0.2, 0.25) is 5.28 Å². The zero-order valence-electron chi connectivity index (χ0n) is 19.1. The number of anilines is 1. The Bertz CT molecular complexity index is 1130. The second-order valence-electron chi connectivity index (χ2n) is 8.60. The maximum Gasteiger partial charge on any atom is 0.422 e. The van der Waals surface area contributed by atoms with E-state index in [1.54, 1.807) is 41.1 Å². The molecule has 0 radical (unpaired) electrons. The number of nitrogens with one attached hydrogen (secondary N) is 2. The molecule has 1 amide bonds. The highest BCUT2D eigenvalue weighted by Crippen LogP contribution is 2.37. The average molecular weight is 502 g/mol. The molecule has 0 atom stereocenters. The summed E-state index contributed by atoms with van der Waals surface area (Å²) in [6.45, 7) is 6.45. The molecule has 182 valence electrons. The van der Waals surface area contributed by atoms with E-state index in [1.165, 1.54) is 0 Å². The van der Waals surface area contributed by atoms with Gasteiger partial charge in [-0.05, 0) is 50.8 Å². The van der Waals surface area contributed by atoms with Gasteiger partial charge in [-0.3, -0.25) is 0 Å². The van der Waals surface area contributed by atoms with Crippen LogP contribution < -0.4 is 23.8 Å². The Labute approximate surface area is 197 Å². The van der Waals surface area contributed by atoms with Gasteiger partial charge in [-0.1, -0.05) is 0 Å². The number of methoxy groups -OCH3 is 2. The number of hydrogen-bond donors (Lipinski definition) is 2. The van der Waals surface area contributed by atoms with Crippen LogP contribution in [-0.4, -0.2) is 63.9 Å². The molecular weight excluding hydrogens is 474 g/mol. The summed E-state index contributed by atoms with van der Waals surface area (Å²) in [6, 6.07) is 3.55. The first kappa shape index (κ1) is 25.1. The molecule has 33 heavy (non-hydrogen) atoms. The number of rotatable bonds is 8. The molecule has 1 saturated heterocycles. The van der Waals surface area contributed by atoms with Crippen LogP contribution in [0, 0.1) is 5.92 Å². The monoisotopic (exact) mass is 501 g/mol. The quantitative estimate of drug-likeness (QED) is 0.523. The van der Waals surface area contributed by atoms with E-state index in [9.17, 15) is 13.2 Å². The molecule has 13 heteroatoms. The van der Waals surface area contributed by atoms with Crippen LogP contribution in [0.4, 0.5) is 10.6 Å². The van der Waals surface area contributed by atoms with E-state index < -0.39 is 21.9 Å². The van der Waals surface area contributed by atoms with E-state index in [1.807, 2.05) is 15.7 Å². The van der Waals surface area contributed by atoms with Gasteiger partial charge in [0.05, 0.1) is 19.7 Å². The predicted molar refractivity (Wildman–Crippen MR) is 124 cm³/mol. The largest absolute Gasteiger partial charge is 0.493 e. The topological polar surface area (TPSA) is 132 Å². The number of carbonyl (C=O) groups excluding carboxylic acids is 1. The Morgan fingerprint density at radius 3 is 2.42 bits per heavy atom. The molecule has 1 aromatic heterocycles. The lowest BCUT2D eigenvalue weighted by Crippen LogP contribution is -2.49. The third-order valence-corrected chi connectivity index (χ3v) is 6.06. The van der Waals surface area contributed by atoms with Crippen molar-refractivity contribution >= 4 is 44.6 Å². The van der Waals surface area contributed by atoms with Crippen LogP contribution in [0.15, 0.2) is 12.1 Å². The van der Waals surface area contributed by atoms with Gasteiger partial charge in [-0.15, -0.1) is 0 Å². The lowest BCUT2D eigenvalue weighted by Gasteiger charge is -2.40. The number of hydrogen-bond acceptors (Lipinski definition) is 9. The van der Waals surface area contributed by atoms with Crippen LogP contribution in [0.3, 0.4) is 0 Å². The second kappa shape index (κ2) is 9.74. The Balaban J connectivity index is 1.58. The minimum absolute atomic E-state index is 0.120. The molecule has 11 nitrogen and oxygen atoms in total. The zero-order valence-corrected chi connectivity index (χ0v) is 20.7. The fourth-order valence-corrected chi connectivity index (χ4v) is 4.31. The molecule has 0 unspecified atom stereocenters. The predicted octanol–water partition coefficient (Wildman–Crippen LogP) is 2.49. The lowest BCUT2D eigenvalue weighted by molar-refractivity contribution is 0.0569. The van der Waals surface area contributed by atoms with Crippen molar-refractivity contribution < 1.29 is 27.4 Å². The highest BCUT2D eigenvalue weighted by Gasteiger charge is 2.30. The van der Waals surface area contributed by atoms with Crippen LogP contribution in [0.1, 0.15) is 27.2 Å². The van der Waals surface area contributed by atoms with Gasteiger partial charge in [0.1, 0.15) is 11.4 Å². The van der Waals surface area contributed by atoms with Crippen molar-refractivity contribution in [2.75, 3.05) is 38.8 Å². The van der Waals surface area contributed by atoms with Crippen molar-refractivity contribution in [3.05, 3.63) is 17.4 Å². The molecule has 0 saturated carbocycles. The highest BCUT2D eigenvalue weighted by molar-refractivity contribution is 7.88. The summed E-state index contributed by atoms with van der Waals surface area (Å²) >= 11 is 6.13. The molecule has 3 rings (SSSR count). The van der Waals surface area contributed by atoms with Gasteiger partial charge in [0, 0.05) is 31.1 Å². The Kier molecular flexibility index (Phi) is 7.39. The molecule has 1 aliphatic rings. The summed E-state index contributed by atoms with van der Waals surface area (Å²) in [5.74, 6) is 2.01. The van der Waals surface area contributed by atoms with Crippen molar-refractivity contribution in [1.82, 2.24) is 19.4 Å². The van der Waals surface area contributed by atoms with Crippen LogP contribution in [0.2, 0.25) is 5.28 Å². The van der Waals surface area contributed by atoms with Crippen molar-refractivity contribution in [2.24, 2.45) is 5.92 Å². The van der Waals surface area contributed by atoms with Crippen LogP contribution in [-0.2, 0) is 14.9 Å². The van der Waals surface area contributed by atoms with Crippen LogP contribution in [0.5, 0.6) is 11.5 Å². The van der Waals surface area contributed by atoms with E-state index in [-0.39, 0.29) is 17.7 Å². The van der Waals surface area contributed by atoms with Gasteiger partial charge in [-0.2, -0.15) is 18.1 Å². The summed E-state index contributed by atoms with van der Waals surface area (Å²) in [6.07, 6.45) is -0.441. The van der Waals surface area contributed by atoms with Gasteiger partial charge in [0.25, 0.3) is 0 Å². The van der Waals surface area contributed by atoms with E-state index in [0.717, 1.165) is 5.39 Å². The molecule has 1 aromatic carbocycles. The summed E-state index contributed by atoms with van der Waals surface area (Å²) in [5.41, 5.74) is -0.162.